The lowest BCUT2D eigenvalue weighted by Crippen LogP contribution is -2.39. The lowest BCUT2D eigenvalue weighted by atomic mass is 9.97. The maximum atomic E-state index is 13.0. The Morgan fingerprint density at radius 2 is 1.86 bits per heavy atom. The van der Waals surface area contributed by atoms with Crippen LogP contribution in [0.2, 0.25) is 0 Å². The van der Waals surface area contributed by atoms with Gasteiger partial charge in [0.15, 0.2) is 11.5 Å². The number of rotatable bonds is 8. The lowest BCUT2D eigenvalue weighted by Gasteiger charge is -2.31. The minimum absolute atomic E-state index is 0.0127. The Morgan fingerprint density at radius 1 is 1.14 bits per heavy atom. The fourth-order valence-corrected chi connectivity index (χ4v) is 4.59. The number of methoxy groups -OCH3 is 3. The van der Waals surface area contributed by atoms with Crippen molar-refractivity contribution in [1.82, 2.24) is 14.9 Å². The molecule has 36 heavy (non-hydrogen) atoms. The largest absolute Gasteiger partial charge is 0.493 e. The SMILES string of the molecule is COc1cc2nc(N(C)Cc3cccc(C(=O)N4CCC(CO)CC4)c3)[nH]c(=O)c2c(OC)c1OC. The number of hydrogen-bond donors (Lipinski definition) is 2. The summed E-state index contributed by atoms with van der Waals surface area (Å²) in [7, 11) is 6.26. The van der Waals surface area contributed by atoms with Gasteiger partial charge < -0.3 is 29.1 Å². The monoisotopic (exact) mass is 496 g/mol. The number of aromatic amines is 1. The van der Waals surface area contributed by atoms with Crippen LogP contribution in [0.4, 0.5) is 5.95 Å². The van der Waals surface area contributed by atoms with Crippen LogP contribution in [0.25, 0.3) is 10.9 Å². The van der Waals surface area contributed by atoms with Crippen LogP contribution in [0.5, 0.6) is 17.2 Å². The molecule has 10 heteroatoms. The number of hydrogen-bond acceptors (Lipinski definition) is 8. The van der Waals surface area contributed by atoms with Gasteiger partial charge >= 0.3 is 0 Å². The molecule has 1 amide bonds. The highest BCUT2D eigenvalue weighted by Crippen LogP contribution is 2.41. The molecule has 1 aliphatic rings. The molecule has 0 atom stereocenters. The van der Waals surface area contributed by atoms with Crippen molar-refractivity contribution in [3.8, 4) is 17.2 Å². The normalized spacial score (nSPS) is 14.1. The predicted octanol–water partition coefficient (Wildman–Crippen LogP) is 2.43. The third-order valence-corrected chi connectivity index (χ3v) is 6.60. The third kappa shape index (κ3) is 4.94. The van der Waals surface area contributed by atoms with Crippen LogP contribution in [-0.2, 0) is 6.54 Å². The molecular formula is C26H32N4O6. The molecule has 4 rings (SSSR count). The second kappa shape index (κ2) is 10.9. The summed E-state index contributed by atoms with van der Waals surface area (Å²) in [5.74, 6) is 1.60. The van der Waals surface area contributed by atoms with Gasteiger partial charge in [0, 0.05) is 44.9 Å². The average molecular weight is 497 g/mol. The van der Waals surface area contributed by atoms with Crippen LogP contribution in [0.1, 0.15) is 28.8 Å². The minimum Gasteiger partial charge on any atom is -0.493 e. The number of ether oxygens (including phenoxy) is 3. The summed E-state index contributed by atoms with van der Waals surface area (Å²) in [5.41, 5.74) is 1.56. The Hall–Kier alpha value is -3.79. The molecule has 0 spiro atoms. The second-order valence-corrected chi connectivity index (χ2v) is 8.90. The summed E-state index contributed by atoms with van der Waals surface area (Å²) >= 11 is 0. The standard InChI is InChI=1S/C26H32N4O6/c1-29(14-17-6-5-7-18(12-17)25(33)30-10-8-16(15-31)9-11-30)26-27-19-13-20(34-2)22(35-3)23(36-4)21(19)24(32)28-26/h5-7,12-13,16,31H,8-11,14-15H2,1-4H3,(H,27,28,32). The lowest BCUT2D eigenvalue weighted by molar-refractivity contribution is 0.0651. The van der Waals surface area contributed by atoms with Crippen LogP contribution < -0.4 is 24.7 Å². The molecule has 10 nitrogen and oxygen atoms in total. The van der Waals surface area contributed by atoms with E-state index in [-0.39, 0.29) is 35.1 Å². The number of likely N-dealkylation sites (tertiary alicyclic amines) is 1. The summed E-state index contributed by atoms with van der Waals surface area (Å²) in [4.78, 5) is 37.1. The molecular weight excluding hydrogens is 464 g/mol. The number of carbonyl (C=O) groups excluding carboxylic acids is 1. The molecule has 0 radical (unpaired) electrons. The van der Waals surface area contributed by atoms with Crippen LogP contribution >= 0.6 is 0 Å². The Morgan fingerprint density at radius 3 is 2.50 bits per heavy atom. The van der Waals surface area contributed by atoms with Gasteiger partial charge in [0.1, 0.15) is 5.39 Å². The molecule has 192 valence electrons. The molecule has 1 saturated heterocycles. The van der Waals surface area contributed by atoms with Crippen LogP contribution in [0.3, 0.4) is 0 Å². The maximum Gasteiger partial charge on any atom is 0.264 e. The van der Waals surface area contributed by atoms with Crippen LogP contribution in [0, 0.1) is 5.92 Å². The molecule has 2 N–H and O–H groups in total. The number of aromatic nitrogens is 2. The molecule has 0 bridgehead atoms. The smallest absolute Gasteiger partial charge is 0.264 e. The van der Waals surface area contributed by atoms with E-state index >= 15 is 0 Å². The van der Waals surface area contributed by atoms with Crippen LogP contribution in [-0.4, -0.2) is 74.0 Å². The van der Waals surface area contributed by atoms with Crippen molar-refractivity contribution in [1.29, 1.82) is 0 Å². The predicted molar refractivity (Wildman–Crippen MR) is 136 cm³/mol. The molecule has 2 heterocycles. The zero-order valence-electron chi connectivity index (χ0n) is 21.0. The topological polar surface area (TPSA) is 117 Å². The van der Waals surface area contributed by atoms with Gasteiger partial charge in [-0.15, -0.1) is 0 Å². The first-order valence-electron chi connectivity index (χ1n) is 11.8. The first-order valence-corrected chi connectivity index (χ1v) is 11.8. The summed E-state index contributed by atoms with van der Waals surface area (Å²) in [5, 5.41) is 9.61. The van der Waals surface area contributed by atoms with E-state index in [9.17, 15) is 14.7 Å². The molecule has 1 fully saturated rings. The number of fused-ring (bicyclic) bond motifs is 1. The van der Waals surface area contributed by atoms with E-state index in [0.29, 0.717) is 48.2 Å². The highest BCUT2D eigenvalue weighted by Gasteiger charge is 2.24. The fourth-order valence-electron chi connectivity index (χ4n) is 4.59. The molecule has 1 aliphatic heterocycles. The molecule has 2 aromatic carbocycles. The van der Waals surface area contributed by atoms with Gasteiger partial charge in [-0.25, -0.2) is 4.98 Å². The summed E-state index contributed by atoms with van der Waals surface area (Å²) < 4.78 is 16.2. The van der Waals surface area contributed by atoms with Crippen molar-refractivity contribution in [3.05, 3.63) is 51.8 Å². The van der Waals surface area contributed by atoms with Gasteiger partial charge in [0.05, 0.1) is 26.8 Å². The molecule has 3 aromatic rings. The van der Waals surface area contributed by atoms with E-state index in [1.807, 2.05) is 36.2 Å². The van der Waals surface area contributed by atoms with Crippen molar-refractivity contribution in [2.24, 2.45) is 5.92 Å². The van der Waals surface area contributed by atoms with Gasteiger partial charge in [-0.3, -0.25) is 14.6 Å². The Kier molecular flexibility index (Phi) is 7.64. The van der Waals surface area contributed by atoms with Gasteiger partial charge in [-0.2, -0.15) is 0 Å². The van der Waals surface area contributed by atoms with E-state index in [1.165, 1.54) is 21.3 Å². The highest BCUT2D eigenvalue weighted by atomic mass is 16.5. The minimum atomic E-state index is -0.366. The van der Waals surface area contributed by atoms with Gasteiger partial charge in [0.25, 0.3) is 11.5 Å². The second-order valence-electron chi connectivity index (χ2n) is 8.90. The Balaban J connectivity index is 1.58. The molecule has 0 saturated carbocycles. The number of aliphatic hydroxyl groups is 1. The van der Waals surface area contributed by atoms with E-state index < -0.39 is 0 Å². The van der Waals surface area contributed by atoms with E-state index in [0.717, 1.165) is 18.4 Å². The fraction of sp³-hybridized carbons (Fsp3) is 0.423. The maximum absolute atomic E-state index is 13.0. The van der Waals surface area contributed by atoms with E-state index in [4.69, 9.17) is 14.2 Å². The molecule has 1 aromatic heterocycles. The highest BCUT2D eigenvalue weighted by molar-refractivity contribution is 5.94. The number of piperidine rings is 1. The van der Waals surface area contributed by atoms with Gasteiger partial charge in [0.2, 0.25) is 11.7 Å². The third-order valence-electron chi connectivity index (χ3n) is 6.60. The number of benzene rings is 2. The van der Waals surface area contributed by atoms with E-state index in [1.54, 1.807) is 11.0 Å². The van der Waals surface area contributed by atoms with Crippen LogP contribution in [0.15, 0.2) is 35.1 Å². The van der Waals surface area contributed by atoms with Gasteiger partial charge in [-0.1, -0.05) is 12.1 Å². The Bertz CT molecular complexity index is 1300. The summed E-state index contributed by atoms with van der Waals surface area (Å²) in [6.45, 7) is 1.89. The average Bonchev–Trinajstić information content (AvgIpc) is 2.91. The summed E-state index contributed by atoms with van der Waals surface area (Å²) in [6.07, 6.45) is 1.63. The number of carbonyl (C=O) groups is 1. The van der Waals surface area contributed by atoms with Gasteiger partial charge in [-0.05, 0) is 36.5 Å². The number of nitrogens with zero attached hydrogens (tertiary/aromatic N) is 3. The van der Waals surface area contributed by atoms with Crippen molar-refractivity contribution in [3.63, 3.8) is 0 Å². The van der Waals surface area contributed by atoms with Crippen molar-refractivity contribution < 1.29 is 24.1 Å². The zero-order valence-corrected chi connectivity index (χ0v) is 21.0. The Labute approximate surface area is 209 Å². The number of H-pyrrole nitrogens is 1. The quantitative estimate of drug-likeness (QED) is 0.488. The first-order chi connectivity index (χ1) is 17.4. The van der Waals surface area contributed by atoms with Crippen molar-refractivity contribution in [2.45, 2.75) is 19.4 Å². The first kappa shape index (κ1) is 25.3. The van der Waals surface area contributed by atoms with E-state index in [2.05, 4.69) is 9.97 Å². The number of aliphatic hydroxyl groups excluding tert-OH is 1. The number of anilines is 1. The van der Waals surface area contributed by atoms with Crippen molar-refractivity contribution in [2.75, 3.05) is 53.0 Å². The number of amides is 1. The van der Waals surface area contributed by atoms with Crippen molar-refractivity contribution >= 4 is 22.8 Å². The number of nitrogens with one attached hydrogen (secondary N) is 1. The molecule has 0 aliphatic carbocycles. The summed E-state index contributed by atoms with van der Waals surface area (Å²) in [6, 6.07) is 9.11. The molecule has 0 unspecified atom stereocenters. The zero-order chi connectivity index (χ0) is 25.8.